The summed E-state index contributed by atoms with van der Waals surface area (Å²) in [6.45, 7) is 2.26. The van der Waals surface area contributed by atoms with Crippen molar-refractivity contribution in [1.29, 1.82) is 0 Å². The van der Waals surface area contributed by atoms with E-state index in [9.17, 15) is 18.8 Å². The minimum Gasteiger partial charge on any atom is -0.482 e. The number of ether oxygens (including phenoxy) is 1. The van der Waals surface area contributed by atoms with E-state index in [1.165, 1.54) is 34.4 Å². The molecule has 0 bridgehead atoms. The summed E-state index contributed by atoms with van der Waals surface area (Å²) in [6, 6.07) is 10.8. The number of rotatable bonds is 6. The normalized spacial score (nSPS) is 13.1. The van der Waals surface area contributed by atoms with Crippen LogP contribution in [0.4, 0.5) is 10.1 Å². The molecular weight excluding hydrogens is 457 g/mol. The standard InChI is InChI=1S/C25H20FN3O4S/c1-2-9-29-19-10-16(5-8-21(19)33-12-22(29)31)20(30)11-28-14-27-24-23(25(28)32)18(13-34-24)15-3-6-17(26)7-4-15/h3-8,10,13-14H,2,9,11-12H2,1H3. The Labute approximate surface area is 198 Å². The third kappa shape index (κ3) is 3.88. The van der Waals surface area contributed by atoms with Crippen LogP contribution in [0.1, 0.15) is 23.7 Å². The number of fused-ring (bicyclic) bond motifs is 2. The van der Waals surface area contributed by atoms with Gasteiger partial charge in [0, 0.05) is 23.1 Å². The van der Waals surface area contributed by atoms with Crippen molar-refractivity contribution in [3.8, 4) is 16.9 Å². The van der Waals surface area contributed by atoms with Gasteiger partial charge >= 0.3 is 0 Å². The number of halogens is 1. The number of Topliss-reactive ketones (excluding diaryl/α,β-unsaturated/α-hetero) is 1. The number of carbonyl (C=O) groups excluding carboxylic acids is 2. The SMILES string of the molecule is CCCN1C(=O)COc2ccc(C(=O)Cn3cnc4scc(-c5ccc(F)cc5)c4c3=O)cc21. The van der Waals surface area contributed by atoms with Crippen LogP contribution in [0.3, 0.4) is 0 Å². The van der Waals surface area contributed by atoms with Crippen LogP contribution in [0.2, 0.25) is 0 Å². The van der Waals surface area contributed by atoms with Gasteiger partial charge < -0.3 is 9.64 Å². The zero-order valence-corrected chi connectivity index (χ0v) is 19.1. The number of anilines is 1. The topological polar surface area (TPSA) is 81.5 Å². The molecule has 5 rings (SSSR count). The molecule has 0 radical (unpaired) electrons. The fourth-order valence-corrected chi connectivity index (χ4v) is 4.92. The van der Waals surface area contributed by atoms with Gasteiger partial charge in [0.1, 0.15) is 16.4 Å². The summed E-state index contributed by atoms with van der Waals surface area (Å²) in [5.74, 6) is -0.263. The lowest BCUT2D eigenvalue weighted by molar-refractivity contribution is -0.121. The maximum absolute atomic E-state index is 13.3. The van der Waals surface area contributed by atoms with Crippen LogP contribution in [-0.4, -0.2) is 34.4 Å². The number of carbonyl (C=O) groups is 2. The summed E-state index contributed by atoms with van der Waals surface area (Å²) >= 11 is 1.32. The first-order chi connectivity index (χ1) is 16.5. The Morgan fingerprint density at radius 1 is 1.18 bits per heavy atom. The largest absolute Gasteiger partial charge is 0.482 e. The molecule has 34 heavy (non-hydrogen) atoms. The van der Waals surface area contributed by atoms with Gasteiger partial charge in [0.15, 0.2) is 12.4 Å². The van der Waals surface area contributed by atoms with Gasteiger partial charge in [-0.2, -0.15) is 0 Å². The van der Waals surface area contributed by atoms with Gasteiger partial charge in [-0.25, -0.2) is 9.37 Å². The van der Waals surface area contributed by atoms with E-state index in [-0.39, 0.29) is 36.2 Å². The molecule has 0 N–H and O–H groups in total. The minimum atomic E-state index is -0.362. The van der Waals surface area contributed by atoms with E-state index >= 15 is 0 Å². The molecule has 0 spiro atoms. The number of benzene rings is 2. The smallest absolute Gasteiger partial charge is 0.265 e. The summed E-state index contributed by atoms with van der Waals surface area (Å²) in [6.07, 6.45) is 2.13. The minimum absolute atomic E-state index is 0.0294. The van der Waals surface area contributed by atoms with Crippen LogP contribution in [0.5, 0.6) is 5.75 Å². The molecule has 0 unspecified atom stereocenters. The molecule has 1 aliphatic heterocycles. The Bertz CT molecular complexity index is 1480. The van der Waals surface area contributed by atoms with E-state index in [2.05, 4.69) is 4.98 Å². The third-order valence-corrected chi connectivity index (χ3v) is 6.59. The monoisotopic (exact) mass is 477 g/mol. The number of ketones is 1. The van der Waals surface area contributed by atoms with Gasteiger partial charge in [0.25, 0.3) is 11.5 Å². The second-order valence-corrected chi connectivity index (χ2v) is 8.81. The first kappa shape index (κ1) is 22.0. The molecule has 1 amide bonds. The van der Waals surface area contributed by atoms with Crippen LogP contribution in [0.15, 0.2) is 59.0 Å². The Morgan fingerprint density at radius 2 is 1.97 bits per heavy atom. The second kappa shape index (κ2) is 8.83. The molecule has 4 aromatic rings. The number of nitrogens with zero attached hydrogens (tertiary/aromatic N) is 3. The zero-order chi connectivity index (χ0) is 23.8. The first-order valence-corrected chi connectivity index (χ1v) is 11.7. The number of aromatic nitrogens is 2. The van der Waals surface area contributed by atoms with E-state index in [1.807, 2.05) is 6.92 Å². The zero-order valence-electron chi connectivity index (χ0n) is 18.3. The molecule has 7 nitrogen and oxygen atoms in total. The van der Waals surface area contributed by atoms with Crippen molar-refractivity contribution in [2.75, 3.05) is 18.1 Å². The maximum Gasteiger partial charge on any atom is 0.265 e. The summed E-state index contributed by atoms with van der Waals surface area (Å²) in [7, 11) is 0. The lowest BCUT2D eigenvalue weighted by Gasteiger charge is -2.29. The molecule has 1 aliphatic rings. The molecule has 0 fully saturated rings. The molecule has 0 atom stereocenters. The summed E-state index contributed by atoms with van der Waals surface area (Å²) in [5.41, 5.74) is 1.93. The number of thiophene rings is 1. The van der Waals surface area contributed by atoms with Gasteiger partial charge in [0.05, 0.1) is 23.9 Å². The van der Waals surface area contributed by atoms with Crippen LogP contribution in [0.25, 0.3) is 21.3 Å². The van der Waals surface area contributed by atoms with E-state index in [0.717, 1.165) is 6.42 Å². The highest BCUT2D eigenvalue weighted by molar-refractivity contribution is 7.17. The van der Waals surface area contributed by atoms with Crippen LogP contribution >= 0.6 is 11.3 Å². The second-order valence-electron chi connectivity index (χ2n) is 7.95. The highest BCUT2D eigenvalue weighted by atomic mass is 32.1. The van der Waals surface area contributed by atoms with Crippen molar-refractivity contribution in [1.82, 2.24) is 9.55 Å². The van der Waals surface area contributed by atoms with Crippen molar-refractivity contribution in [3.05, 3.63) is 75.9 Å². The molecule has 0 saturated carbocycles. The van der Waals surface area contributed by atoms with Crippen molar-refractivity contribution in [2.24, 2.45) is 0 Å². The fourth-order valence-electron chi connectivity index (χ4n) is 4.01. The van der Waals surface area contributed by atoms with Crippen molar-refractivity contribution < 1.29 is 18.7 Å². The number of amides is 1. The lowest BCUT2D eigenvalue weighted by atomic mass is 10.1. The predicted molar refractivity (Wildman–Crippen MR) is 128 cm³/mol. The molecule has 2 aromatic carbocycles. The lowest BCUT2D eigenvalue weighted by Crippen LogP contribution is -2.39. The fraction of sp³-hybridized carbons (Fsp3) is 0.200. The molecule has 9 heteroatoms. The number of hydrogen-bond donors (Lipinski definition) is 0. The third-order valence-electron chi connectivity index (χ3n) is 5.70. The van der Waals surface area contributed by atoms with E-state index < -0.39 is 0 Å². The average molecular weight is 478 g/mol. The molecular formula is C25H20FN3O4S. The summed E-state index contributed by atoms with van der Waals surface area (Å²) < 4.78 is 20.1. The highest BCUT2D eigenvalue weighted by Gasteiger charge is 2.26. The molecule has 0 saturated heterocycles. The van der Waals surface area contributed by atoms with Crippen LogP contribution < -0.4 is 15.2 Å². The predicted octanol–water partition coefficient (Wildman–Crippen LogP) is 4.28. The van der Waals surface area contributed by atoms with Gasteiger partial charge in [-0.05, 0) is 42.3 Å². The average Bonchev–Trinajstić information content (AvgIpc) is 3.28. The molecule has 3 heterocycles. The van der Waals surface area contributed by atoms with Gasteiger partial charge in [0.2, 0.25) is 0 Å². The Kier molecular flexibility index (Phi) is 5.70. The highest BCUT2D eigenvalue weighted by Crippen LogP contribution is 2.34. The summed E-state index contributed by atoms with van der Waals surface area (Å²) in [5, 5.41) is 2.20. The van der Waals surface area contributed by atoms with Crippen molar-refractivity contribution in [3.63, 3.8) is 0 Å². The first-order valence-electron chi connectivity index (χ1n) is 10.8. The van der Waals surface area contributed by atoms with Gasteiger partial charge in [-0.15, -0.1) is 11.3 Å². The van der Waals surface area contributed by atoms with E-state index in [1.54, 1.807) is 40.6 Å². The van der Waals surface area contributed by atoms with Crippen LogP contribution in [-0.2, 0) is 11.3 Å². The maximum atomic E-state index is 13.3. The molecule has 2 aromatic heterocycles. The quantitative estimate of drug-likeness (QED) is 0.387. The van der Waals surface area contributed by atoms with Gasteiger partial charge in [-0.1, -0.05) is 19.1 Å². The van der Waals surface area contributed by atoms with Gasteiger partial charge in [-0.3, -0.25) is 19.0 Å². The Morgan fingerprint density at radius 3 is 2.74 bits per heavy atom. The number of hydrogen-bond acceptors (Lipinski definition) is 6. The van der Waals surface area contributed by atoms with Crippen molar-refractivity contribution >= 4 is 38.9 Å². The Balaban J connectivity index is 1.48. The van der Waals surface area contributed by atoms with Crippen LogP contribution in [0, 0.1) is 5.82 Å². The summed E-state index contributed by atoms with van der Waals surface area (Å²) in [4.78, 5) is 45.1. The molecule has 172 valence electrons. The molecule has 0 aliphatic carbocycles. The van der Waals surface area contributed by atoms with E-state index in [0.29, 0.717) is 44.9 Å². The van der Waals surface area contributed by atoms with E-state index in [4.69, 9.17) is 4.74 Å². The van der Waals surface area contributed by atoms with Crippen molar-refractivity contribution in [2.45, 2.75) is 19.9 Å². The Hall–Kier alpha value is -3.85.